The Morgan fingerprint density at radius 1 is 1.38 bits per heavy atom. The minimum Gasteiger partial charge on any atom is -0.358 e. The molecule has 1 unspecified atom stereocenters. The largest absolute Gasteiger partial charge is 0.451 e. The van der Waals surface area contributed by atoms with Crippen LogP contribution < -0.4 is 5.32 Å². The van der Waals surface area contributed by atoms with E-state index in [0.717, 1.165) is 11.0 Å². The number of hydrogen-bond donors (Lipinski definition) is 1. The van der Waals surface area contributed by atoms with Gasteiger partial charge in [0.15, 0.2) is 0 Å². The molecular weight excluding hydrogens is 313 g/mol. The molecule has 1 saturated heterocycles. The lowest BCUT2D eigenvalue weighted by molar-refractivity contribution is -0.147. The molecule has 1 aliphatic heterocycles. The summed E-state index contributed by atoms with van der Waals surface area (Å²) in [5, 5.41) is 2.16. The average Bonchev–Trinajstić information content (AvgIpc) is 2.38. The van der Waals surface area contributed by atoms with Gasteiger partial charge in [-0.3, -0.25) is 14.5 Å². The molecule has 0 aliphatic carbocycles. The number of nitrogens with one attached hydrogen (secondary N) is 1. The van der Waals surface area contributed by atoms with Crippen LogP contribution in [0, 0.1) is 0 Å². The van der Waals surface area contributed by atoms with Gasteiger partial charge < -0.3 is 5.32 Å². The molecular formula is C11H10ClF3N4O2. The summed E-state index contributed by atoms with van der Waals surface area (Å²) in [6.07, 6.45) is -4.46. The molecule has 10 heteroatoms. The van der Waals surface area contributed by atoms with E-state index in [9.17, 15) is 22.8 Å². The van der Waals surface area contributed by atoms with Gasteiger partial charge in [-0.15, -0.1) is 0 Å². The maximum Gasteiger partial charge on any atom is 0.451 e. The summed E-state index contributed by atoms with van der Waals surface area (Å²) in [4.78, 5) is 30.5. The third-order valence-electron chi connectivity index (χ3n) is 2.92. The van der Waals surface area contributed by atoms with E-state index in [2.05, 4.69) is 15.3 Å². The van der Waals surface area contributed by atoms with Crippen LogP contribution in [0.2, 0.25) is 5.15 Å². The monoisotopic (exact) mass is 322 g/mol. The third-order valence-corrected chi connectivity index (χ3v) is 3.11. The second-order valence-electron chi connectivity index (χ2n) is 4.42. The molecule has 0 spiro atoms. The highest BCUT2D eigenvalue weighted by Crippen LogP contribution is 2.28. The molecule has 1 N–H and O–H groups in total. The second-order valence-corrected chi connectivity index (χ2v) is 4.81. The number of hydrogen-bond acceptors (Lipinski definition) is 5. The highest BCUT2D eigenvalue weighted by Gasteiger charge is 2.36. The number of alkyl halides is 3. The first-order valence-corrected chi connectivity index (χ1v) is 6.25. The highest BCUT2D eigenvalue weighted by atomic mass is 35.5. The average molecular weight is 323 g/mol. The first kappa shape index (κ1) is 15.5. The smallest absolute Gasteiger partial charge is 0.358 e. The van der Waals surface area contributed by atoms with Gasteiger partial charge in [-0.2, -0.15) is 13.2 Å². The fourth-order valence-corrected chi connectivity index (χ4v) is 2.03. The summed E-state index contributed by atoms with van der Waals surface area (Å²) in [6, 6.07) is 0.250. The van der Waals surface area contributed by atoms with Crippen LogP contribution in [0.3, 0.4) is 0 Å². The van der Waals surface area contributed by atoms with Gasteiger partial charge in [0.05, 0.1) is 0 Å². The minimum absolute atomic E-state index is 0.116. The molecule has 2 rings (SSSR count). The van der Waals surface area contributed by atoms with E-state index in [-0.39, 0.29) is 24.6 Å². The standard InChI is InChI=1S/C11H10ClF3N4O2/c1-19-8(20)3-2-5(9(19)21)16-7-4-6(12)17-10(18-7)11(13,14)15/h4-5H,2-3H2,1H3,(H,16,17,18). The first-order chi connectivity index (χ1) is 9.68. The van der Waals surface area contributed by atoms with Crippen molar-refractivity contribution in [3.05, 3.63) is 17.0 Å². The van der Waals surface area contributed by atoms with E-state index < -0.39 is 29.1 Å². The minimum atomic E-state index is -4.75. The molecule has 21 heavy (non-hydrogen) atoms. The van der Waals surface area contributed by atoms with Crippen LogP contribution in [0.25, 0.3) is 0 Å². The van der Waals surface area contributed by atoms with Gasteiger partial charge in [0.2, 0.25) is 11.7 Å². The molecule has 114 valence electrons. The maximum absolute atomic E-state index is 12.6. The van der Waals surface area contributed by atoms with E-state index in [4.69, 9.17) is 11.6 Å². The van der Waals surface area contributed by atoms with E-state index >= 15 is 0 Å². The lowest BCUT2D eigenvalue weighted by atomic mass is 10.0. The van der Waals surface area contributed by atoms with Crippen LogP contribution in [-0.2, 0) is 15.8 Å². The van der Waals surface area contributed by atoms with Crippen LogP contribution >= 0.6 is 11.6 Å². The Bertz CT molecular complexity index is 593. The Morgan fingerprint density at radius 2 is 2.05 bits per heavy atom. The zero-order chi connectivity index (χ0) is 15.8. The van der Waals surface area contributed by atoms with Gasteiger partial charge in [0.1, 0.15) is 17.0 Å². The van der Waals surface area contributed by atoms with Crippen LogP contribution in [0.15, 0.2) is 6.07 Å². The van der Waals surface area contributed by atoms with E-state index in [0.29, 0.717) is 0 Å². The number of carbonyl (C=O) groups is 2. The molecule has 0 saturated carbocycles. The molecule has 1 aromatic heterocycles. The summed E-state index contributed by atoms with van der Waals surface area (Å²) < 4.78 is 37.8. The van der Waals surface area contributed by atoms with Gasteiger partial charge in [-0.1, -0.05) is 11.6 Å². The second kappa shape index (κ2) is 5.47. The topological polar surface area (TPSA) is 75.2 Å². The van der Waals surface area contributed by atoms with Gasteiger partial charge in [-0.05, 0) is 6.42 Å². The van der Waals surface area contributed by atoms with Crippen molar-refractivity contribution in [2.24, 2.45) is 0 Å². The van der Waals surface area contributed by atoms with Gasteiger partial charge in [0.25, 0.3) is 5.91 Å². The number of rotatable bonds is 2. The molecule has 6 nitrogen and oxygen atoms in total. The zero-order valence-corrected chi connectivity index (χ0v) is 11.5. The molecule has 1 atom stereocenters. The molecule has 2 heterocycles. The normalized spacial score (nSPS) is 19.9. The number of nitrogens with zero attached hydrogens (tertiary/aromatic N) is 3. The Hall–Kier alpha value is -1.90. The fraction of sp³-hybridized carbons (Fsp3) is 0.455. The zero-order valence-electron chi connectivity index (χ0n) is 10.7. The predicted molar refractivity (Wildman–Crippen MR) is 66.5 cm³/mol. The van der Waals surface area contributed by atoms with Crippen molar-refractivity contribution in [3.63, 3.8) is 0 Å². The van der Waals surface area contributed by atoms with Crippen LogP contribution in [0.5, 0.6) is 0 Å². The molecule has 1 aliphatic rings. The number of amides is 2. The van der Waals surface area contributed by atoms with Gasteiger partial charge in [0, 0.05) is 19.5 Å². The summed E-state index contributed by atoms with van der Waals surface area (Å²) in [7, 11) is 1.31. The van der Waals surface area contributed by atoms with Crippen molar-refractivity contribution in [2.45, 2.75) is 25.1 Å². The van der Waals surface area contributed by atoms with E-state index in [1.54, 1.807) is 0 Å². The van der Waals surface area contributed by atoms with Crippen molar-refractivity contribution in [2.75, 3.05) is 12.4 Å². The number of halogens is 4. The van der Waals surface area contributed by atoms with Crippen LogP contribution in [0.1, 0.15) is 18.7 Å². The highest BCUT2D eigenvalue weighted by molar-refractivity contribution is 6.29. The van der Waals surface area contributed by atoms with Crippen LogP contribution in [-0.4, -0.2) is 39.8 Å². The quantitative estimate of drug-likeness (QED) is 0.662. The summed E-state index contributed by atoms with van der Waals surface area (Å²) >= 11 is 5.52. The van der Waals surface area contributed by atoms with Crippen molar-refractivity contribution in [1.82, 2.24) is 14.9 Å². The number of likely N-dealkylation sites (tertiary alicyclic amines) is 1. The fourth-order valence-electron chi connectivity index (χ4n) is 1.85. The molecule has 0 aromatic carbocycles. The van der Waals surface area contributed by atoms with Crippen molar-refractivity contribution in [3.8, 4) is 0 Å². The van der Waals surface area contributed by atoms with Gasteiger partial charge in [-0.25, -0.2) is 9.97 Å². The molecule has 0 radical (unpaired) electrons. The summed E-state index contributed by atoms with van der Waals surface area (Å²) in [6.45, 7) is 0. The lowest BCUT2D eigenvalue weighted by Crippen LogP contribution is -2.48. The molecule has 2 amide bonds. The maximum atomic E-state index is 12.6. The van der Waals surface area contributed by atoms with E-state index in [1.807, 2.05) is 0 Å². The number of likely N-dealkylation sites (N-methyl/N-ethyl adjacent to an activating group) is 1. The predicted octanol–water partition coefficient (Wildman–Crippen LogP) is 1.71. The number of aromatic nitrogens is 2. The Kier molecular flexibility index (Phi) is 4.04. The number of imide groups is 1. The van der Waals surface area contributed by atoms with Crippen molar-refractivity contribution < 1.29 is 22.8 Å². The molecule has 1 aromatic rings. The summed E-state index contributed by atoms with van der Waals surface area (Å²) in [5.74, 6) is -2.49. The molecule has 0 bridgehead atoms. The number of carbonyl (C=O) groups excluding carboxylic acids is 2. The SMILES string of the molecule is CN1C(=O)CCC(Nc2cc(Cl)nc(C(F)(F)F)n2)C1=O. The Labute approximate surface area is 122 Å². The summed E-state index contributed by atoms with van der Waals surface area (Å²) in [5.41, 5.74) is 0. The van der Waals surface area contributed by atoms with Crippen molar-refractivity contribution >= 4 is 29.2 Å². The Balaban J connectivity index is 2.22. The van der Waals surface area contributed by atoms with E-state index in [1.165, 1.54) is 7.05 Å². The first-order valence-electron chi connectivity index (χ1n) is 5.87. The molecule has 1 fully saturated rings. The lowest BCUT2D eigenvalue weighted by Gasteiger charge is -2.28. The third kappa shape index (κ3) is 3.41. The Morgan fingerprint density at radius 3 is 2.67 bits per heavy atom. The van der Waals surface area contributed by atoms with Crippen LogP contribution in [0.4, 0.5) is 19.0 Å². The van der Waals surface area contributed by atoms with Crippen molar-refractivity contribution in [1.29, 1.82) is 0 Å². The van der Waals surface area contributed by atoms with Gasteiger partial charge >= 0.3 is 6.18 Å². The number of anilines is 1. The number of piperidine rings is 1.